The maximum absolute atomic E-state index is 10.6. The molecule has 0 bridgehead atoms. The molecule has 3 nitrogen and oxygen atoms in total. The summed E-state index contributed by atoms with van der Waals surface area (Å²) < 4.78 is 0. The molecule has 0 radical (unpaired) electrons. The Kier molecular flexibility index (Phi) is 13.8. The standard InChI is InChI=1S/C18H36N2O/c1-5-8-10-11-12-13-15-20(7-3)17(4)18(19-16-21)14-9-6-2/h17-18H,5-15H2,1-4H3. The third-order valence-electron chi connectivity index (χ3n) is 4.41. The Morgan fingerprint density at radius 3 is 2.14 bits per heavy atom. The van der Waals surface area contributed by atoms with Crippen LogP contribution in [0.15, 0.2) is 4.99 Å². The van der Waals surface area contributed by atoms with Crippen molar-refractivity contribution in [3.8, 4) is 0 Å². The van der Waals surface area contributed by atoms with E-state index in [9.17, 15) is 4.79 Å². The third-order valence-corrected chi connectivity index (χ3v) is 4.41. The minimum Gasteiger partial charge on any atom is -0.299 e. The van der Waals surface area contributed by atoms with Gasteiger partial charge in [-0.05, 0) is 32.9 Å². The number of nitrogens with zero attached hydrogens (tertiary/aromatic N) is 2. The van der Waals surface area contributed by atoms with Crippen molar-refractivity contribution >= 4 is 6.08 Å². The van der Waals surface area contributed by atoms with Crippen LogP contribution in [0.25, 0.3) is 0 Å². The summed E-state index contributed by atoms with van der Waals surface area (Å²) in [5, 5.41) is 0. The van der Waals surface area contributed by atoms with E-state index in [0.29, 0.717) is 6.04 Å². The molecule has 0 saturated carbocycles. The summed E-state index contributed by atoms with van der Waals surface area (Å²) in [6.07, 6.45) is 13.0. The van der Waals surface area contributed by atoms with Crippen LogP contribution in [0.4, 0.5) is 0 Å². The molecular weight excluding hydrogens is 260 g/mol. The molecule has 0 aromatic rings. The van der Waals surface area contributed by atoms with Crippen molar-refractivity contribution in [1.82, 2.24) is 4.90 Å². The molecule has 0 aliphatic heterocycles. The van der Waals surface area contributed by atoms with Crippen molar-refractivity contribution in [2.24, 2.45) is 4.99 Å². The first-order valence-electron chi connectivity index (χ1n) is 9.02. The number of hydrogen-bond acceptors (Lipinski definition) is 3. The molecule has 0 aromatic heterocycles. The number of hydrogen-bond donors (Lipinski definition) is 0. The van der Waals surface area contributed by atoms with Gasteiger partial charge in [0, 0.05) is 6.04 Å². The smallest absolute Gasteiger partial charge is 0.235 e. The van der Waals surface area contributed by atoms with Crippen molar-refractivity contribution in [2.75, 3.05) is 13.1 Å². The molecule has 0 heterocycles. The second-order valence-electron chi connectivity index (χ2n) is 6.07. The summed E-state index contributed by atoms with van der Waals surface area (Å²) in [5.41, 5.74) is 0. The molecule has 0 aliphatic rings. The number of isocyanates is 1. The highest BCUT2D eigenvalue weighted by atomic mass is 16.1. The molecule has 0 aliphatic carbocycles. The van der Waals surface area contributed by atoms with Crippen LogP contribution in [-0.2, 0) is 4.79 Å². The highest BCUT2D eigenvalue weighted by Gasteiger charge is 2.21. The summed E-state index contributed by atoms with van der Waals surface area (Å²) >= 11 is 0. The Bertz CT molecular complexity index is 274. The van der Waals surface area contributed by atoms with Crippen LogP contribution < -0.4 is 0 Å². The van der Waals surface area contributed by atoms with E-state index in [4.69, 9.17) is 0 Å². The maximum Gasteiger partial charge on any atom is 0.235 e. The average molecular weight is 296 g/mol. The molecule has 0 N–H and O–H groups in total. The largest absolute Gasteiger partial charge is 0.299 e. The number of unbranched alkanes of at least 4 members (excludes halogenated alkanes) is 6. The Balaban J connectivity index is 4.17. The molecule has 0 spiro atoms. The van der Waals surface area contributed by atoms with Gasteiger partial charge < -0.3 is 0 Å². The molecule has 21 heavy (non-hydrogen) atoms. The molecule has 0 fully saturated rings. The van der Waals surface area contributed by atoms with Gasteiger partial charge in [-0.1, -0.05) is 65.7 Å². The van der Waals surface area contributed by atoms with Gasteiger partial charge in [-0.3, -0.25) is 4.90 Å². The molecular formula is C18H36N2O. The van der Waals surface area contributed by atoms with E-state index in [1.807, 2.05) is 0 Å². The molecule has 124 valence electrons. The Hall–Kier alpha value is -0.660. The second-order valence-corrected chi connectivity index (χ2v) is 6.07. The fourth-order valence-corrected chi connectivity index (χ4v) is 2.88. The molecule has 2 atom stereocenters. The van der Waals surface area contributed by atoms with Gasteiger partial charge in [0.1, 0.15) is 0 Å². The van der Waals surface area contributed by atoms with Gasteiger partial charge in [0.25, 0.3) is 0 Å². The highest BCUT2D eigenvalue weighted by molar-refractivity contribution is 5.33. The summed E-state index contributed by atoms with van der Waals surface area (Å²) in [4.78, 5) is 17.2. The van der Waals surface area contributed by atoms with Gasteiger partial charge in [0.2, 0.25) is 6.08 Å². The zero-order chi connectivity index (χ0) is 15.9. The van der Waals surface area contributed by atoms with Crippen molar-refractivity contribution in [3.05, 3.63) is 0 Å². The number of carbonyl (C=O) groups excluding carboxylic acids is 1. The van der Waals surface area contributed by atoms with Crippen LogP contribution >= 0.6 is 0 Å². The van der Waals surface area contributed by atoms with E-state index in [-0.39, 0.29) is 6.04 Å². The van der Waals surface area contributed by atoms with Crippen LogP contribution in [-0.4, -0.2) is 36.2 Å². The van der Waals surface area contributed by atoms with E-state index in [2.05, 4.69) is 37.6 Å². The van der Waals surface area contributed by atoms with Gasteiger partial charge in [0.05, 0.1) is 6.04 Å². The van der Waals surface area contributed by atoms with Gasteiger partial charge in [-0.2, -0.15) is 0 Å². The number of aliphatic imine (C=N–C) groups is 1. The summed E-state index contributed by atoms with van der Waals surface area (Å²) in [7, 11) is 0. The average Bonchev–Trinajstić information content (AvgIpc) is 2.50. The zero-order valence-electron chi connectivity index (χ0n) is 14.7. The van der Waals surface area contributed by atoms with Gasteiger partial charge in [0.15, 0.2) is 0 Å². The quantitative estimate of drug-likeness (QED) is 0.258. The molecule has 0 rings (SSSR count). The lowest BCUT2D eigenvalue weighted by Crippen LogP contribution is -2.41. The predicted octanol–water partition coefficient (Wildman–Crippen LogP) is 4.95. The fraction of sp³-hybridized carbons (Fsp3) is 0.944. The van der Waals surface area contributed by atoms with Gasteiger partial charge >= 0.3 is 0 Å². The molecule has 0 saturated heterocycles. The third kappa shape index (κ3) is 9.82. The number of likely N-dealkylation sites (N-methyl/N-ethyl adjacent to an activating group) is 1. The minimum absolute atomic E-state index is 0.113. The van der Waals surface area contributed by atoms with E-state index >= 15 is 0 Å². The zero-order valence-corrected chi connectivity index (χ0v) is 14.7. The topological polar surface area (TPSA) is 32.7 Å². The first-order chi connectivity index (χ1) is 10.2. The normalized spacial score (nSPS) is 14.0. The van der Waals surface area contributed by atoms with Crippen LogP contribution in [0.5, 0.6) is 0 Å². The Labute approximate surface area is 132 Å². The summed E-state index contributed by atoms with van der Waals surface area (Å²) in [5.74, 6) is 0. The lowest BCUT2D eigenvalue weighted by atomic mass is 10.0. The van der Waals surface area contributed by atoms with Crippen LogP contribution in [0.3, 0.4) is 0 Å². The lowest BCUT2D eigenvalue weighted by Gasteiger charge is -2.31. The van der Waals surface area contributed by atoms with E-state index in [1.54, 1.807) is 6.08 Å². The molecule has 2 unspecified atom stereocenters. The molecule has 3 heteroatoms. The SMILES string of the molecule is CCCCCCCCN(CC)C(C)C(CCCC)N=C=O. The van der Waals surface area contributed by atoms with Crippen molar-refractivity contribution in [2.45, 2.75) is 97.6 Å². The molecule has 0 amide bonds. The number of rotatable bonds is 14. The van der Waals surface area contributed by atoms with Crippen molar-refractivity contribution in [1.29, 1.82) is 0 Å². The minimum atomic E-state index is 0.113. The van der Waals surface area contributed by atoms with Crippen LogP contribution in [0, 0.1) is 0 Å². The lowest BCUT2D eigenvalue weighted by molar-refractivity contribution is 0.184. The highest BCUT2D eigenvalue weighted by Crippen LogP contribution is 2.15. The first kappa shape index (κ1) is 20.3. The fourth-order valence-electron chi connectivity index (χ4n) is 2.88. The maximum atomic E-state index is 10.6. The van der Waals surface area contributed by atoms with Gasteiger partial charge in [-0.25, -0.2) is 9.79 Å². The first-order valence-corrected chi connectivity index (χ1v) is 9.02. The Morgan fingerprint density at radius 1 is 0.952 bits per heavy atom. The van der Waals surface area contributed by atoms with E-state index in [1.165, 1.54) is 38.5 Å². The monoisotopic (exact) mass is 296 g/mol. The van der Waals surface area contributed by atoms with E-state index in [0.717, 1.165) is 32.4 Å². The molecule has 0 aromatic carbocycles. The summed E-state index contributed by atoms with van der Waals surface area (Å²) in [6.45, 7) is 11.0. The van der Waals surface area contributed by atoms with Crippen LogP contribution in [0.1, 0.15) is 85.5 Å². The van der Waals surface area contributed by atoms with E-state index < -0.39 is 0 Å². The van der Waals surface area contributed by atoms with Crippen molar-refractivity contribution < 1.29 is 4.79 Å². The van der Waals surface area contributed by atoms with Crippen molar-refractivity contribution in [3.63, 3.8) is 0 Å². The Morgan fingerprint density at radius 2 is 1.57 bits per heavy atom. The second kappa shape index (κ2) is 14.3. The summed E-state index contributed by atoms with van der Waals surface area (Å²) in [6, 6.07) is 0.459. The van der Waals surface area contributed by atoms with Crippen LogP contribution in [0.2, 0.25) is 0 Å². The predicted molar refractivity (Wildman–Crippen MR) is 91.5 cm³/mol. The van der Waals surface area contributed by atoms with Gasteiger partial charge in [-0.15, -0.1) is 0 Å².